The van der Waals surface area contributed by atoms with Crippen molar-refractivity contribution < 1.29 is 69.8 Å². The van der Waals surface area contributed by atoms with Gasteiger partial charge in [0.05, 0.1) is 0 Å². The fourth-order valence-electron chi connectivity index (χ4n) is 0. The van der Waals surface area contributed by atoms with Gasteiger partial charge < -0.3 is 24.8 Å². The molecule has 0 fully saturated rings. The van der Waals surface area contributed by atoms with Gasteiger partial charge in [-0.2, -0.15) is 0 Å². The summed E-state index contributed by atoms with van der Waals surface area (Å²) >= 11 is 0. The molecular weight excluding hydrogens is 434 g/mol. The molecule has 0 saturated heterocycles. The molecule has 0 radical (unpaired) electrons. The largest absolute Gasteiger partial charge is 2.00 e. The first-order chi connectivity index (χ1) is 0. The molecule has 0 unspecified atom stereocenters. The van der Waals surface area contributed by atoms with Crippen LogP contribution in [0.15, 0.2) is 0 Å². The molecular formula is H2BaCl2Ra. The van der Waals surface area contributed by atoms with E-state index in [0.29, 0.717) is 0 Å². The van der Waals surface area contributed by atoms with E-state index in [2.05, 4.69) is 0 Å². The van der Waals surface area contributed by atoms with Crippen LogP contribution in [-0.4, -0.2) is 48.9 Å². The maximum Gasteiger partial charge on any atom is 2.00 e. The Balaban J connectivity index is 0. The fraction of sp³-hybridized carbons (Fsp3) is 0. The molecule has 4 heavy (non-hydrogen) atoms. The van der Waals surface area contributed by atoms with Crippen LogP contribution in [0.25, 0.3) is 0 Å². The summed E-state index contributed by atoms with van der Waals surface area (Å²) in [6, 6.07) is 0. The fourth-order valence-corrected chi connectivity index (χ4v) is 0. The van der Waals surface area contributed by atoms with Crippen LogP contribution in [0.2, 0.25) is 0 Å². The molecule has 0 aliphatic carbocycles. The molecule has 0 aliphatic rings. The van der Waals surface area contributed by atoms with Crippen molar-refractivity contribution >= 4 is 48.9 Å². The smallest absolute Gasteiger partial charge is 1.00 e. The van der Waals surface area contributed by atoms with E-state index in [4.69, 9.17) is 0 Å². The first kappa shape index (κ1) is 25.5. The first-order valence-electron chi connectivity index (χ1n) is 0. The molecule has 0 aromatic rings. The van der Waals surface area contributed by atoms with E-state index in [9.17, 15) is 0 Å². The normalized spacial score (nSPS) is 0. The van der Waals surface area contributed by atoms with Crippen LogP contribution in [0, 0.1) is 45.0 Å². The topological polar surface area (TPSA) is 0 Å². The summed E-state index contributed by atoms with van der Waals surface area (Å²) in [4.78, 5) is 0. The maximum atomic E-state index is 0. The zero-order valence-electron chi connectivity index (χ0n) is 1.46. The van der Waals surface area contributed by atoms with Gasteiger partial charge in [0.15, 0.2) is 0 Å². The molecule has 4 heteroatoms. The van der Waals surface area contributed by atoms with Crippen molar-refractivity contribution in [2.75, 3.05) is 0 Å². The zero-order chi connectivity index (χ0) is 0. The quantitative estimate of drug-likeness (QED) is 0.332. The monoisotopic (exact) mass is 436 g/mol. The van der Waals surface area contributed by atoms with Crippen LogP contribution < -0.4 is 24.8 Å². The predicted molar refractivity (Wildman–Crippen MR) is 8.54 cm³/mol. The van der Waals surface area contributed by atoms with Crippen molar-refractivity contribution in [1.29, 1.82) is 0 Å². The predicted octanol–water partition coefficient (Wildman–Crippen LogP) is -6.91. The third-order valence-corrected chi connectivity index (χ3v) is 0. The van der Waals surface area contributed by atoms with Crippen LogP contribution >= 0.6 is 0 Å². The van der Waals surface area contributed by atoms with Crippen molar-refractivity contribution in [3.8, 4) is 0 Å². The first-order valence-corrected chi connectivity index (χ1v) is 0. The Morgan fingerprint density at radius 1 is 0.750 bits per heavy atom. The summed E-state index contributed by atoms with van der Waals surface area (Å²) in [7, 11) is 0. The van der Waals surface area contributed by atoms with Crippen molar-refractivity contribution in [3.63, 3.8) is 0 Å². The molecule has 0 heterocycles. The summed E-state index contributed by atoms with van der Waals surface area (Å²) in [6.07, 6.45) is 0. The molecule has 0 saturated carbocycles. The van der Waals surface area contributed by atoms with Gasteiger partial charge in [-0.25, -0.2) is 0 Å². The van der Waals surface area contributed by atoms with Crippen LogP contribution in [0.1, 0.15) is 0 Å². The SMILES string of the molecule is [BaH2].[Cl-].[Cl-].[Ra+2]. The molecule has 0 amide bonds. The van der Waals surface area contributed by atoms with E-state index in [1.165, 1.54) is 0 Å². The third kappa shape index (κ3) is 9.15. The molecule has 0 nitrogen and oxygen atoms in total. The van der Waals surface area contributed by atoms with Gasteiger partial charge in [0, 0.05) is 0 Å². The van der Waals surface area contributed by atoms with Crippen molar-refractivity contribution in [3.05, 3.63) is 0 Å². The number of halogens is 2. The molecule has 0 rings (SSSR count). The van der Waals surface area contributed by atoms with E-state index in [1.54, 1.807) is 0 Å². The number of hydrogen-bond acceptors (Lipinski definition) is 0. The van der Waals surface area contributed by atoms with Crippen LogP contribution in [0.4, 0.5) is 0 Å². The Morgan fingerprint density at radius 2 is 0.750 bits per heavy atom. The van der Waals surface area contributed by atoms with Gasteiger partial charge in [-0.1, -0.05) is 0 Å². The summed E-state index contributed by atoms with van der Waals surface area (Å²) in [5, 5.41) is 0. The second kappa shape index (κ2) is 16.0. The van der Waals surface area contributed by atoms with E-state index in [1.807, 2.05) is 0 Å². The summed E-state index contributed by atoms with van der Waals surface area (Å²) < 4.78 is 0. The van der Waals surface area contributed by atoms with Gasteiger partial charge in [-0.15, -0.1) is 0 Å². The summed E-state index contributed by atoms with van der Waals surface area (Å²) in [6.45, 7) is 0. The molecule has 0 aromatic carbocycles. The Morgan fingerprint density at radius 3 is 0.750 bits per heavy atom. The standard InChI is InChI=1S/Ba.2ClH.Ra.2H/h;2*1H;;;/q;;;+2;;/p-2. The van der Waals surface area contributed by atoms with Gasteiger partial charge in [0.25, 0.3) is 0 Å². The van der Waals surface area contributed by atoms with Gasteiger partial charge in [-0.05, 0) is 0 Å². The Hall–Kier alpha value is 3.62. The average molecular weight is 436 g/mol. The number of rotatable bonds is 0. The van der Waals surface area contributed by atoms with Gasteiger partial charge in [0.2, 0.25) is 0 Å². The zero-order valence-corrected chi connectivity index (χ0v) is 8.79. The third-order valence-electron chi connectivity index (χ3n) is 0. The minimum Gasteiger partial charge on any atom is -1.00 e. The molecule has 0 aliphatic heterocycles. The van der Waals surface area contributed by atoms with Gasteiger partial charge >= 0.3 is 93.9 Å². The molecule has 0 atom stereocenters. The van der Waals surface area contributed by atoms with Crippen LogP contribution in [0.5, 0.6) is 0 Å². The van der Waals surface area contributed by atoms with Crippen molar-refractivity contribution in [2.24, 2.45) is 0 Å². The van der Waals surface area contributed by atoms with E-state index in [-0.39, 0.29) is 119 Å². The maximum absolute atomic E-state index is 0. The molecule has 20 valence electrons. The van der Waals surface area contributed by atoms with Gasteiger partial charge in [0.1, 0.15) is 0 Å². The van der Waals surface area contributed by atoms with Crippen LogP contribution in [-0.2, 0) is 0 Å². The van der Waals surface area contributed by atoms with Crippen molar-refractivity contribution in [2.45, 2.75) is 0 Å². The minimum atomic E-state index is 0. The van der Waals surface area contributed by atoms with E-state index < -0.39 is 0 Å². The van der Waals surface area contributed by atoms with Gasteiger partial charge in [-0.3, -0.25) is 0 Å². The Bertz CT molecular complexity index is 6.00. The van der Waals surface area contributed by atoms with E-state index in [0.717, 1.165) is 0 Å². The van der Waals surface area contributed by atoms with Crippen LogP contribution in [0.3, 0.4) is 0 Å². The second-order valence-electron chi connectivity index (χ2n) is 0. The van der Waals surface area contributed by atoms with Crippen molar-refractivity contribution in [1.82, 2.24) is 0 Å². The minimum absolute atomic E-state index is 0. The Kier molecular flexibility index (Phi) is 102. The summed E-state index contributed by atoms with van der Waals surface area (Å²) in [5.41, 5.74) is 0. The average Bonchev–Trinajstić information content (AvgIpc) is 0. The second-order valence-corrected chi connectivity index (χ2v) is 0. The van der Waals surface area contributed by atoms with E-state index >= 15 is 0 Å². The summed E-state index contributed by atoms with van der Waals surface area (Å²) in [5.74, 6) is 0. The molecule has 0 N–H and O–H groups in total. The molecule has 0 aromatic heterocycles. The molecule has 0 spiro atoms. The Labute approximate surface area is 115 Å². The molecule has 0 bridgehead atoms. The number of hydrogen-bond donors (Lipinski definition) is 0.